The van der Waals surface area contributed by atoms with Crippen LogP contribution in [0.25, 0.3) is 16.9 Å². The van der Waals surface area contributed by atoms with Crippen molar-refractivity contribution in [2.75, 3.05) is 0 Å². The molecule has 0 aliphatic heterocycles. The molecule has 3 aromatic rings. The number of benzene rings is 1. The van der Waals surface area contributed by atoms with E-state index < -0.39 is 5.56 Å². The van der Waals surface area contributed by atoms with Crippen molar-refractivity contribution in [2.24, 2.45) is 0 Å². The Morgan fingerprint density at radius 3 is 2.60 bits per heavy atom. The van der Waals surface area contributed by atoms with Gasteiger partial charge in [0.2, 0.25) is 0 Å². The summed E-state index contributed by atoms with van der Waals surface area (Å²) in [5.41, 5.74) is 1.90. The SMILES string of the molecule is CC(=O)c1nc2c(C)nn(-c3ccccc3)c2[nH]c1=O. The lowest BCUT2D eigenvalue weighted by atomic mass is 10.3. The molecule has 2 heterocycles. The number of ketones is 1. The molecule has 2 aromatic heterocycles. The van der Waals surface area contributed by atoms with E-state index in [1.54, 1.807) is 11.6 Å². The van der Waals surface area contributed by atoms with Gasteiger partial charge in [-0.15, -0.1) is 0 Å². The number of rotatable bonds is 2. The van der Waals surface area contributed by atoms with Gasteiger partial charge in [0.15, 0.2) is 17.1 Å². The number of para-hydroxylation sites is 1. The second kappa shape index (κ2) is 4.41. The molecule has 1 N–H and O–H groups in total. The van der Waals surface area contributed by atoms with Crippen LogP contribution in [-0.2, 0) is 0 Å². The van der Waals surface area contributed by atoms with Gasteiger partial charge in [0, 0.05) is 6.92 Å². The molecule has 100 valence electrons. The van der Waals surface area contributed by atoms with Gasteiger partial charge in [-0.25, -0.2) is 9.67 Å². The molecule has 1 aromatic carbocycles. The molecule has 0 amide bonds. The molecule has 20 heavy (non-hydrogen) atoms. The number of hydrogen-bond donors (Lipinski definition) is 1. The fourth-order valence-electron chi connectivity index (χ4n) is 2.09. The van der Waals surface area contributed by atoms with Crippen molar-refractivity contribution in [3.63, 3.8) is 0 Å². The van der Waals surface area contributed by atoms with Crippen LogP contribution >= 0.6 is 0 Å². The van der Waals surface area contributed by atoms with Gasteiger partial charge in [-0.3, -0.25) is 9.59 Å². The number of aromatic nitrogens is 4. The number of carbonyl (C=O) groups is 1. The number of nitrogens with zero attached hydrogens (tertiary/aromatic N) is 3. The fourth-order valence-corrected chi connectivity index (χ4v) is 2.09. The van der Waals surface area contributed by atoms with Gasteiger partial charge in [-0.2, -0.15) is 5.10 Å². The molecule has 0 atom stereocenters. The maximum absolute atomic E-state index is 11.9. The quantitative estimate of drug-likeness (QED) is 0.716. The third-order valence-corrected chi connectivity index (χ3v) is 3.03. The Morgan fingerprint density at radius 1 is 1.25 bits per heavy atom. The number of hydrogen-bond acceptors (Lipinski definition) is 4. The van der Waals surface area contributed by atoms with Crippen LogP contribution in [0.5, 0.6) is 0 Å². The first-order valence-corrected chi connectivity index (χ1v) is 6.14. The molecule has 0 bridgehead atoms. The summed E-state index contributed by atoms with van der Waals surface area (Å²) in [5.74, 6) is -0.361. The van der Waals surface area contributed by atoms with Crippen LogP contribution < -0.4 is 5.56 Å². The number of aromatic amines is 1. The Labute approximate surface area is 114 Å². The van der Waals surface area contributed by atoms with E-state index in [0.717, 1.165) is 5.69 Å². The summed E-state index contributed by atoms with van der Waals surface area (Å²) in [6.45, 7) is 3.11. The third kappa shape index (κ3) is 1.82. The third-order valence-electron chi connectivity index (χ3n) is 3.03. The topological polar surface area (TPSA) is 80.6 Å². The lowest BCUT2D eigenvalue weighted by molar-refractivity contribution is 0.101. The first-order chi connectivity index (χ1) is 9.58. The van der Waals surface area contributed by atoms with Crippen LogP contribution in [0.2, 0.25) is 0 Å². The van der Waals surface area contributed by atoms with E-state index in [9.17, 15) is 9.59 Å². The molecule has 6 heteroatoms. The molecule has 6 nitrogen and oxygen atoms in total. The van der Waals surface area contributed by atoms with E-state index in [0.29, 0.717) is 16.9 Å². The Morgan fingerprint density at radius 2 is 1.95 bits per heavy atom. The molecular formula is C14H12N4O2. The van der Waals surface area contributed by atoms with Gasteiger partial charge in [-0.1, -0.05) is 18.2 Å². The van der Waals surface area contributed by atoms with E-state index in [4.69, 9.17) is 0 Å². The maximum Gasteiger partial charge on any atom is 0.279 e. The molecule has 0 saturated heterocycles. The summed E-state index contributed by atoms with van der Waals surface area (Å²) < 4.78 is 1.61. The van der Waals surface area contributed by atoms with E-state index in [2.05, 4.69) is 15.1 Å². The molecule has 0 aliphatic rings. The van der Waals surface area contributed by atoms with Gasteiger partial charge < -0.3 is 4.98 Å². The Hall–Kier alpha value is -2.76. The van der Waals surface area contributed by atoms with Crippen LogP contribution in [0.1, 0.15) is 23.1 Å². The first kappa shape index (κ1) is 12.3. The monoisotopic (exact) mass is 268 g/mol. The largest absolute Gasteiger partial charge is 0.303 e. The van der Waals surface area contributed by atoms with Crippen LogP contribution in [-0.4, -0.2) is 25.5 Å². The number of fused-ring (bicyclic) bond motifs is 1. The Kier molecular flexibility index (Phi) is 2.71. The second-order valence-corrected chi connectivity index (χ2v) is 4.50. The zero-order chi connectivity index (χ0) is 14.3. The highest BCUT2D eigenvalue weighted by atomic mass is 16.1. The molecule has 0 saturated carbocycles. The Bertz CT molecular complexity index is 862. The van der Waals surface area contributed by atoms with Crippen LogP contribution in [0.4, 0.5) is 0 Å². The normalized spacial score (nSPS) is 10.9. The molecule has 0 aliphatic carbocycles. The smallest absolute Gasteiger partial charge is 0.279 e. The van der Waals surface area contributed by atoms with Crippen molar-refractivity contribution in [2.45, 2.75) is 13.8 Å². The fraction of sp³-hybridized carbons (Fsp3) is 0.143. The van der Waals surface area contributed by atoms with Crippen molar-refractivity contribution in [3.8, 4) is 5.69 Å². The highest BCUT2D eigenvalue weighted by molar-refractivity contribution is 5.93. The summed E-state index contributed by atoms with van der Waals surface area (Å²) in [4.78, 5) is 30.1. The van der Waals surface area contributed by atoms with Crippen LogP contribution in [0, 0.1) is 6.92 Å². The average Bonchev–Trinajstić information content (AvgIpc) is 2.75. The number of H-pyrrole nitrogens is 1. The standard InChI is InChI=1S/C14H12N4O2/c1-8-11-13(16-14(20)12(15-11)9(2)19)18(17-8)10-6-4-3-5-7-10/h3-7H,1-2H3,(H,16,20). The highest BCUT2D eigenvalue weighted by Crippen LogP contribution is 2.17. The van der Waals surface area contributed by atoms with Gasteiger partial charge in [0.05, 0.1) is 11.4 Å². The highest BCUT2D eigenvalue weighted by Gasteiger charge is 2.16. The molecule has 0 radical (unpaired) electrons. The number of Topliss-reactive ketones (excluding diaryl/α,β-unsaturated/α-hetero) is 1. The van der Waals surface area contributed by atoms with Crippen molar-refractivity contribution < 1.29 is 4.79 Å². The average molecular weight is 268 g/mol. The summed E-state index contributed by atoms with van der Waals surface area (Å²) in [7, 11) is 0. The van der Waals surface area contributed by atoms with Crippen molar-refractivity contribution in [1.82, 2.24) is 19.7 Å². The minimum Gasteiger partial charge on any atom is -0.303 e. The van der Waals surface area contributed by atoms with Gasteiger partial charge >= 0.3 is 0 Å². The van der Waals surface area contributed by atoms with E-state index in [-0.39, 0.29) is 11.5 Å². The zero-order valence-electron chi connectivity index (χ0n) is 11.0. The van der Waals surface area contributed by atoms with Crippen LogP contribution in [0.15, 0.2) is 35.1 Å². The minimum atomic E-state index is -0.498. The van der Waals surface area contributed by atoms with Crippen LogP contribution in [0.3, 0.4) is 0 Å². The van der Waals surface area contributed by atoms with E-state index in [1.165, 1.54) is 6.92 Å². The van der Waals surface area contributed by atoms with Crippen molar-refractivity contribution in [3.05, 3.63) is 52.1 Å². The number of aryl methyl sites for hydroxylation is 1. The summed E-state index contributed by atoms with van der Waals surface area (Å²) in [5, 5.41) is 4.37. The summed E-state index contributed by atoms with van der Waals surface area (Å²) in [6, 6.07) is 9.42. The predicted octanol–water partition coefficient (Wildman–Crippen LogP) is 1.62. The van der Waals surface area contributed by atoms with Crippen molar-refractivity contribution >= 4 is 16.9 Å². The van der Waals surface area contributed by atoms with E-state index in [1.807, 2.05) is 30.3 Å². The molecule has 0 spiro atoms. The minimum absolute atomic E-state index is 0.0896. The lowest BCUT2D eigenvalue weighted by Gasteiger charge is -2.02. The van der Waals surface area contributed by atoms with Gasteiger partial charge in [0.25, 0.3) is 5.56 Å². The van der Waals surface area contributed by atoms with Gasteiger partial charge in [-0.05, 0) is 19.1 Å². The molecule has 3 rings (SSSR count). The Balaban J connectivity index is 2.35. The molecule has 0 fully saturated rings. The summed E-state index contributed by atoms with van der Waals surface area (Å²) in [6.07, 6.45) is 0. The first-order valence-electron chi connectivity index (χ1n) is 6.14. The van der Waals surface area contributed by atoms with E-state index >= 15 is 0 Å². The number of carbonyl (C=O) groups excluding carboxylic acids is 1. The predicted molar refractivity (Wildman–Crippen MR) is 74.2 cm³/mol. The molecule has 0 unspecified atom stereocenters. The summed E-state index contributed by atoms with van der Waals surface area (Å²) >= 11 is 0. The lowest BCUT2D eigenvalue weighted by Crippen LogP contribution is -2.19. The van der Waals surface area contributed by atoms with Crippen molar-refractivity contribution in [1.29, 1.82) is 0 Å². The number of nitrogens with one attached hydrogen (secondary N) is 1. The van der Waals surface area contributed by atoms with Gasteiger partial charge in [0.1, 0.15) is 5.52 Å². The maximum atomic E-state index is 11.9. The molecular weight excluding hydrogens is 256 g/mol. The second-order valence-electron chi connectivity index (χ2n) is 4.50. The zero-order valence-corrected chi connectivity index (χ0v) is 11.0.